The minimum Gasteiger partial charge on any atom is -0.512 e. The molecule has 0 bridgehead atoms. The zero-order chi connectivity index (χ0) is 20.6. The summed E-state index contributed by atoms with van der Waals surface area (Å²) >= 11 is 0. The highest BCUT2D eigenvalue weighted by atomic mass is 16.3. The number of allylic oxidation sites excluding steroid dienone is 3. The van der Waals surface area contributed by atoms with Gasteiger partial charge < -0.3 is 5.11 Å². The number of aliphatic hydroxyl groups excluding tert-OH is 1. The highest BCUT2D eigenvalue weighted by molar-refractivity contribution is 6.09. The molecule has 0 aromatic heterocycles. The Morgan fingerprint density at radius 2 is 1.76 bits per heavy atom. The van der Waals surface area contributed by atoms with Gasteiger partial charge in [0.05, 0.1) is 5.76 Å². The second-order valence-corrected chi connectivity index (χ2v) is 7.29. The van der Waals surface area contributed by atoms with Crippen LogP contribution in [0, 0.1) is 0 Å². The van der Waals surface area contributed by atoms with Gasteiger partial charge in [-0.2, -0.15) is 0 Å². The van der Waals surface area contributed by atoms with E-state index in [1.807, 2.05) is 49.4 Å². The summed E-state index contributed by atoms with van der Waals surface area (Å²) in [4.78, 5) is 13.0. The van der Waals surface area contributed by atoms with Crippen LogP contribution in [0.25, 0.3) is 16.8 Å². The summed E-state index contributed by atoms with van der Waals surface area (Å²) < 4.78 is 0. The zero-order valence-electron chi connectivity index (χ0n) is 17.2. The normalized spacial score (nSPS) is 12.0. The fraction of sp³-hybridized carbons (Fsp3) is 0.222. The maximum atomic E-state index is 13.0. The number of hydrogen-bond donors (Lipinski definition) is 1. The standard InChI is InChI=1S/C27H28O2/c1-3-5-14-23(28)19-27(29)25-17-16-21-12-8-9-15-24(21)26(25)18-22-13-7-6-11-20(22)10-4-2/h4,6-13,15-17,19,28H,3,5,14,18H2,1-2H3/b10-4-,23-19-. The lowest BCUT2D eigenvalue weighted by atomic mass is 9.90. The Kier molecular flexibility index (Phi) is 7.02. The number of fused-ring (bicyclic) bond motifs is 1. The van der Waals surface area contributed by atoms with E-state index in [0.717, 1.165) is 34.7 Å². The first-order valence-corrected chi connectivity index (χ1v) is 10.3. The molecule has 29 heavy (non-hydrogen) atoms. The van der Waals surface area contributed by atoms with E-state index >= 15 is 0 Å². The lowest BCUT2D eigenvalue weighted by Gasteiger charge is -2.14. The van der Waals surface area contributed by atoms with Crippen LogP contribution in [-0.4, -0.2) is 10.9 Å². The van der Waals surface area contributed by atoms with Crippen molar-refractivity contribution in [2.45, 2.75) is 39.5 Å². The Morgan fingerprint density at radius 3 is 2.55 bits per heavy atom. The van der Waals surface area contributed by atoms with Gasteiger partial charge in [-0.25, -0.2) is 0 Å². The van der Waals surface area contributed by atoms with Crippen molar-refractivity contribution >= 4 is 22.6 Å². The molecule has 0 atom stereocenters. The fourth-order valence-electron chi connectivity index (χ4n) is 3.64. The van der Waals surface area contributed by atoms with Crippen LogP contribution >= 0.6 is 0 Å². The first-order chi connectivity index (χ1) is 14.1. The number of benzene rings is 3. The molecule has 148 valence electrons. The molecule has 0 aliphatic heterocycles. The molecule has 0 fully saturated rings. The molecule has 0 saturated heterocycles. The molecule has 3 aromatic rings. The van der Waals surface area contributed by atoms with E-state index in [0.29, 0.717) is 18.4 Å². The molecule has 0 aliphatic carbocycles. The van der Waals surface area contributed by atoms with E-state index in [1.54, 1.807) is 0 Å². The number of aliphatic hydroxyl groups is 1. The SMILES string of the molecule is C/C=C\c1ccccc1Cc1c(C(=O)/C=C(\O)CCCC)ccc2ccccc12. The molecule has 0 heterocycles. The number of carbonyl (C=O) groups excluding carboxylic acids is 1. The topological polar surface area (TPSA) is 37.3 Å². The molecule has 2 heteroatoms. The highest BCUT2D eigenvalue weighted by Crippen LogP contribution is 2.27. The predicted molar refractivity (Wildman–Crippen MR) is 122 cm³/mol. The Hall–Kier alpha value is -3.13. The third-order valence-corrected chi connectivity index (χ3v) is 5.16. The average Bonchev–Trinajstić information content (AvgIpc) is 2.74. The molecule has 0 saturated carbocycles. The summed E-state index contributed by atoms with van der Waals surface area (Å²) in [6, 6.07) is 20.3. The Labute approximate surface area is 173 Å². The smallest absolute Gasteiger partial charge is 0.189 e. The van der Waals surface area contributed by atoms with Crippen molar-refractivity contribution in [2.24, 2.45) is 0 Å². The zero-order valence-corrected chi connectivity index (χ0v) is 17.2. The molecule has 0 unspecified atom stereocenters. The monoisotopic (exact) mass is 384 g/mol. The molecule has 0 spiro atoms. The van der Waals surface area contributed by atoms with Crippen LogP contribution < -0.4 is 0 Å². The largest absolute Gasteiger partial charge is 0.512 e. The molecule has 2 nitrogen and oxygen atoms in total. The summed E-state index contributed by atoms with van der Waals surface area (Å²) in [7, 11) is 0. The Balaban J connectivity index is 2.09. The van der Waals surface area contributed by atoms with Gasteiger partial charge in [-0.15, -0.1) is 0 Å². The van der Waals surface area contributed by atoms with Crippen molar-refractivity contribution < 1.29 is 9.90 Å². The van der Waals surface area contributed by atoms with Gasteiger partial charge in [0, 0.05) is 18.1 Å². The van der Waals surface area contributed by atoms with E-state index in [1.165, 1.54) is 11.6 Å². The van der Waals surface area contributed by atoms with Crippen LogP contribution in [0.5, 0.6) is 0 Å². The molecular formula is C27H28O2. The van der Waals surface area contributed by atoms with Gasteiger partial charge >= 0.3 is 0 Å². The van der Waals surface area contributed by atoms with Gasteiger partial charge in [0.25, 0.3) is 0 Å². The van der Waals surface area contributed by atoms with E-state index in [4.69, 9.17) is 0 Å². The van der Waals surface area contributed by atoms with Gasteiger partial charge in [0.1, 0.15) is 0 Å². The Bertz CT molecular complexity index is 1060. The quantitative estimate of drug-likeness (QED) is 0.252. The summed E-state index contributed by atoms with van der Waals surface area (Å²) in [5.41, 5.74) is 3.99. The summed E-state index contributed by atoms with van der Waals surface area (Å²) in [5.74, 6) is 0.0214. The molecule has 0 aliphatic rings. The second-order valence-electron chi connectivity index (χ2n) is 7.29. The summed E-state index contributed by atoms with van der Waals surface area (Å²) in [6.45, 7) is 4.08. The van der Waals surface area contributed by atoms with Crippen LogP contribution in [0.1, 0.15) is 60.2 Å². The third-order valence-electron chi connectivity index (χ3n) is 5.16. The van der Waals surface area contributed by atoms with E-state index in [2.05, 4.69) is 37.3 Å². The van der Waals surface area contributed by atoms with Crippen LogP contribution in [0.3, 0.4) is 0 Å². The van der Waals surface area contributed by atoms with Crippen molar-refractivity contribution in [3.8, 4) is 0 Å². The maximum Gasteiger partial charge on any atom is 0.189 e. The van der Waals surface area contributed by atoms with Gasteiger partial charge in [-0.3, -0.25) is 4.79 Å². The number of rotatable bonds is 8. The number of unbranched alkanes of at least 4 members (excludes halogenated alkanes) is 1. The molecule has 0 amide bonds. The second kappa shape index (κ2) is 9.88. The number of ketones is 1. The van der Waals surface area contributed by atoms with Gasteiger partial charge in [-0.1, -0.05) is 86.2 Å². The van der Waals surface area contributed by atoms with Gasteiger partial charge in [-0.05, 0) is 47.2 Å². The van der Waals surface area contributed by atoms with E-state index in [-0.39, 0.29) is 11.5 Å². The van der Waals surface area contributed by atoms with Crippen molar-refractivity contribution in [1.82, 2.24) is 0 Å². The van der Waals surface area contributed by atoms with Crippen LogP contribution in [0.4, 0.5) is 0 Å². The molecule has 3 rings (SSSR count). The van der Waals surface area contributed by atoms with Crippen LogP contribution in [-0.2, 0) is 6.42 Å². The maximum absolute atomic E-state index is 13.0. The Morgan fingerprint density at radius 1 is 1.00 bits per heavy atom. The lowest BCUT2D eigenvalue weighted by Crippen LogP contribution is -2.05. The number of carbonyl (C=O) groups is 1. The van der Waals surface area contributed by atoms with Crippen molar-refractivity contribution in [3.63, 3.8) is 0 Å². The molecule has 0 radical (unpaired) electrons. The summed E-state index contributed by atoms with van der Waals surface area (Å²) in [5, 5.41) is 12.3. The molecule has 1 N–H and O–H groups in total. The van der Waals surface area contributed by atoms with Crippen molar-refractivity contribution in [1.29, 1.82) is 0 Å². The molecule has 3 aromatic carbocycles. The minimum atomic E-state index is -0.136. The minimum absolute atomic E-state index is 0.136. The van der Waals surface area contributed by atoms with Crippen molar-refractivity contribution in [3.05, 3.63) is 101 Å². The van der Waals surface area contributed by atoms with Gasteiger partial charge in [0.15, 0.2) is 5.78 Å². The summed E-state index contributed by atoms with van der Waals surface area (Å²) in [6.07, 6.45) is 8.57. The first-order valence-electron chi connectivity index (χ1n) is 10.3. The van der Waals surface area contributed by atoms with Crippen molar-refractivity contribution in [2.75, 3.05) is 0 Å². The fourth-order valence-corrected chi connectivity index (χ4v) is 3.64. The average molecular weight is 385 g/mol. The highest BCUT2D eigenvalue weighted by Gasteiger charge is 2.15. The lowest BCUT2D eigenvalue weighted by molar-refractivity contribution is 0.104. The third kappa shape index (κ3) is 5.03. The van der Waals surface area contributed by atoms with Gasteiger partial charge in [0.2, 0.25) is 0 Å². The predicted octanol–water partition coefficient (Wildman–Crippen LogP) is 7.28. The van der Waals surface area contributed by atoms with E-state index < -0.39 is 0 Å². The first kappa shape index (κ1) is 20.6. The van der Waals surface area contributed by atoms with E-state index in [9.17, 15) is 9.90 Å². The van der Waals surface area contributed by atoms with Crippen LogP contribution in [0.15, 0.2) is 78.6 Å². The van der Waals surface area contributed by atoms with Crippen LogP contribution in [0.2, 0.25) is 0 Å². The molecular weight excluding hydrogens is 356 g/mol. The number of hydrogen-bond acceptors (Lipinski definition) is 2.